The van der Waals surface area contributed by atoms with E-state index in [-0.39, 0.29) is 147 Å². The fraction of sp³-hybridized carbons (Fsp3) is 0.683. The van der Waals surface area contributed by atoms with E-state index in [4.69, 9.17) is 23.8 Å². The number of nitrogens with zero attached hydrogens (tertiary/aromatic N) is 3. The van der Waals surface area contributed by atoms with Gasteiger partial charge in [-0.2, -0.15) is 11.8 Å². The van der Waals surface area contributed by atoms with E-state index < -0.39 is 40.9 Å². The predicted molar refractivity (Wildman–Crippen MR) is 306 cm³/mol. The molecule has 0 spiro atoms. The summed E-state index contributed by atoms with van der Waals surface area (Å²) < 4.78 is 21.8. The number of ether oxygens (including phenoxy) is 4. The third-order valence-electron chi connectivity index (χ3n) is 19.4. The highest BCUT2D eigenvalue weighted by Gasteiger charge is 2.71. The molecule has 1 aromatic rings. The molecule has 7 N–H and O–H groups in total. The first-order valence-corrected chi connectivity index (χ1v) is 31.0. The van der Waals surface area contributed by atoms with E-state index in [1.807, 2.05) is 13.0 Å². The number of nitrogens with one attached hydrogen (secondary N) is 4. The van der Waals surface area contributed by atoms with Gasteiger partial charge in [0.05, 0.1) is 56.6 Å². The number of fused-ring (bicyclic) bond motifs is 6. The summed E-state index contributed by atoms with van der Waals surface area (Å²) in [6.45, 7) is 7.42. The van der Waals surface area contributed by atoms with E-state index in [1.165, 1.54) is 4.90 Å². The minimum absolute atomic E-state index is 0.0127. The first-order chi connectivity index (χ1) is 40.3. The molecule has 12 unspecified atom stereocenters. The number of aliphatic imine (C=N–C) groups is 1. The molecule has 0 radical (unpaired) electrons. The number of aliphatic hydroxyl groups excluding tert-OH is 2. The molecule has 1 aromatic carbocycles. The summed E-state index contributed by atoms with van der Waals surface area (Å²) in [5.41, 5.74) is 0.158. The van der Waals surface area contributed by atoms with Crippen LogP contribution in [0, 0.1) is 34.5 Å². The minimum atomic E-state index is -1.04. The number of thioether (sulfide) groups is 1. The Morgan fingerprint density at radius 1 is 0.833 bits per heavy atom. The largest absolute Gasteiger partial charge is 0.493 e. The number of hydroxylamine groups is 2. The highest BCUT2D eigenvalue weighted by Crippen LogP contribution is 2.70. The number of rotatable bonds is 27. The smallest absolute Gasteiger partial charge is 0.333 e. The second-order valence-electron chi connectivity index (χ2n) is 24.3. The molecular formula is C60H83N7O16S. The zero-order valence-electron chi connectivity index (χ0n) is 48.4. The summed E-state index contributed by atoms with van der Waals surface area (Å²) in [6, 6.07) is 7.82. The van der Waals surface area contributed by atoms with Crippen molar-refractivity contribution >= 4 is 70.7 Å². The molecule has 460 valence electrons. The van der Waals surface area contributed by atoms with Gasteiger partial charge in [0.25, 0.3) is 11.8 Å². The summed E-state index contributed by atoms with van der Waals surface area (Å²) in [5.74, 6) is -2.35. The van der Waals surface area contributed by atoms with Gasteiger partial charge in [0.1, 0.15) is 25.5 Å². The Morgan fingerprint density at radius 2 is 1.55 bits per heavy atom. The van der Waals surface area contributed by atoms with Crippen molar-refractivity contribution in [2.75, 3.05) is 65.1 Å². The summed E-state index contributed by atoms with van der Waals surface area (Å²) in [4.78, 5) is 110. The fourth-order valence-corrected chi connectivity index (χ4v) is 16.5. The normalized spacial score (nSPS) is 31.9. The van der Waals surface area contributed by atoms with Gasteiger partial charge in [-0.1, -0.05) is 50.6 Å². The van der Waals surface area contributed by atoms with Crippen LogP contribution in [0.1, 0.15) is 129 Å². The molecule has 9 rings (SSSR count). The number of aliphatic hydroxyl groups is 3. The Labute approximate surface area is 494 Å². The van der Waals surface area contributed by atoms with Crippen LogP contribution in [-0.4, -0.2) is 179 Å². The van der Waals surface area contributed by atoms with Crippen molar-refractivity contribution in [3.63, 3.8) is 0 Å². The monoisotopic (exact) mass is 1190 g/mol. The van der Waals surface area contributed by atoms with Gasteiger partial charge in [0.15, 0.2) is 0 Å². The number of hydrogen-bond acceptors (Lipinski definition) is 18. The van der Waals surface area contributed by atoms with Crippen LogP contribution in [0.4, 0.5) is 4.79 Å². The number of imide groups is 1. The molecule has 24 heteroatoms. The first-order valence-electron chi connectivity index (χ1n) is 29.9. The number of carbonyl (C=O) groups is 8. The van der Waals surface area contributed by atoms with E-state index >= 15 is 0 Å². The molecule has 7 fully saturated rings. The van der Waals surface area contributed by atoms with Crippen LogP contribution in [0.25, 0.3) is 5.70 Å². The van der Waals surface area contributed by atoms with Gasteiger partial charge < -0.3 is 60.4 Å². The fourth-order valence-electron chi connectivity index (χ4n) is 14.9. The van der Waals surface area contributed by atoms with Crippen LogP contribution < -0.4 is 21.3 Å². The number of hydrogen-bond donors (Lipinski definition) is 7. The molecule has 23 nitrogen and oxygen atoms in total. The summed E-state index contributed by atoms with van der Waals surface area (Å²) in [6.07, 6.45) is 9.36. The molecule has 4 aliphatic heterocycles. The highest BCUT2D eigenvalue weighted by atomic mass is 32.2. The van der Waals surface area contributed by atoms with Gasteiger partial charge in [-0.05, 0) is 112 Å². The van der Waals surface area contributed by atoms with Crippen molar-refractivity contribution in [1.82, 2.24) is 31.2 Å². The zero-order valence-corrected chi connectivity index (χ0v) is 49.3. The average molecular weight is 1190 g/mol. The van der Waals surface area contributed by atoms with Gasteiger partial charge in [0, 0.05) is 72.2 Å². The first kappa shape index (κ1) is 62.6. The van der Waals surface area contributed by atoms with Crippen molar-refractivity contribution in [1.29, 1.82) is 0 Å². The van der Waals surface area contributed by atoms with Crippen LogP contribution in [0.15, 0.2) is 52.9 Å². The molecule has 84 heavy (non-hydrogen) atoms. The standard InChI is InChI=1S/C60H83N7O16S/c1-36(13-18-52(74)83-67-50(72)16-17-51(67)73)63-54(37-9-5-4-6-10-37)56(76)66-44-35-84-45(55(44)65-57(66)77)11-7-8-12-47(69)61-23-25-79-27-28-80-26-24-62-48(70)33-81-34-49(71)64-40-19-21-58(2)39(30-40)14-15-42-43(58)31-46(68)59(3)41(20-22-60(42,59)78)38-29-53(75)82-32-38/h4-6,9-10,29,39-46,55,68,76,78H,7-8,11-28,30-35H2,1-3H3,(H,61,69)(H,62,70)(H,64,71)(H,65,77)/b56-54-,63-36+. The number of amides is 7. The Balaban J connectivity index is 0.586. The lowest BCUT2D eigenvalue weighted by Crippen LogP contribution is -2.67. The van der Waals surface area contributed by atoms with Gasteiger partial charge in [-0.15, -0.1) is 5.06 Å². The minimum Gasteiger partial charge on any atom is -0.493 e. The van der Waals surface area contributed by atoms with E-state index in [0.717, 1.165) is 50.5 Å². The Kier molecular flexibility index (Phi) is 20.6. The van der Waals surface area contributed by atoms with Crippen molar-refractivity contribution < 1.29 is 77.5 Å². The second kappa shape index (κ2) is 27.6. The van der Waals surface area contributed by atoms with Gasteiger partial charge in [0.2, 0.25) is 23.6 Å². The van der Waals surface area contributed by atoms with Gasteiger partial charge in [-0.3, -0.25) is 33.9 Å². The maximum absolute atomic E-state index is 13.4. The predicted octanol–water partition coefficient (Wildman–Crippen LogP) is 4.15. The average Bonchev–Trinajstić information content (AvgIpc) is 1.37. The summed E-state index contributed by atoms with van der Waals surface area (Å²) in [7, 11) is 0. The number of benzene rings is 1. The lowest BCUT2D eigenvalue weighted by atomic mass is 9.42. The van der Waals surface area contributed by atoms with Crippen LogP contribution in [0.2, 0.25) is 0 Å². The van der Waals surface area contributed by atoms with E-state index in [2.05, 4.69) is 33.2 Å². The molecule has 8 aliphatic rings. The Morgan fingerprint density at radius 3 is 2.26 bits per heavy atom. The summed E-state index contributed by atoms with van der Waals surface area (Å²) in [5, 5.41) is 48.4. The topological polar surface area (TPSA) is 310 Å². The van der Waals surface area contributed by atoms with Crippen LogP contribution in [-0.2, 0) is 57.3 Å². The molecule has 0 bridgehead atoms. The molecule has 4 aliphatic carbocycles. The van der Waals surface area contributed by atoms with E-state index in [1.54, 1.807) is 49.0 Å². The van der Waals surface area contributed by atoms with Crippen molar-refractivity contribution in [2.45, 2.75) is 159 Å². The number of esters is 1. The highest BCUT2D eigenvalue weighted by molar-refractivity contribution is 8.00. The van der Waals surface area contributed by atoms with Gasteiger partial charge >= 0.3 is 18.0 Å². The molecular weight excluding hydrogens is 1110 g/mol. The number of urea groups is 1. The van der Waals surface area contributed by atoms with Crippen LogP contribution in [0.5, 0.6) is 0 Å². The van der Waals surface area contributed by atoms with E-state index in [9.17, 15) is 53.7 Å². The Bertz CT molecular complexity index is 2710. The van der Waals surface area contributed by atoms with Crippen molar-refractivity contribution in [3.8, 4) is 0 Å². The molecule has 4 saturated carbocycles. The maximum atomic E-state index is 13.4. The third-order valence-corrected chi connectivity index (χ3v) is 20.9. The third kappa shape index (κ3) is 13.8. The van der Waals surface area contributed by atoms with Crippen molar-refractivity contribution in [2.24, 2.45) is 39.5 Å². The number of cyclic esters (lactones) is 1. The van der Waals surface area contributed by atoms with Crippen LogP contribution in [0.3, 0.4) is 0 Å². The van der Waals surface area contributed by atoms with Crippen LogP contribution >= 0.6 is 11.8 Å². The molecule has 3 saturated heterocycles. The quantitative estimate of drug-likeness (QED) is 0.0162. The summed E-state index contributed by atoms with van der Waals surface area (Å²) >= 11 is 1.70. The lowest BCUT2D eigenvalue weighted by Gasteiger charge is -2.65. The SMILES string of the molecule is C/C(CCC(=O)ON1C(=O)CCC1=O)=N\C(=C(/O)N1C(=O)NC2C(CCCCC(=O)NCCOCCOCCNC(=O)COCC(=O)NC3CCC4(C)C(CCC5C4CC(O)C4(C)C(C6=CC(=O)OC6)CCC54O)C3)SCC21)c1ccccc1. The number of unbranched alkanes of at least 4 members (excludes halogenated alkanes) is 1. The van der Waals surface area contributed by atoms with Crippen molar-refractivity contribution in [3.05, 3.63) is 53.4 Å². The molecule has 12 atom stereocenters. The van der Waals surface area contributed by atoms with Gasteiger partial charge in [-0.25, -0.2) is 14.4 Å². The maximum Gasteiger partial charge on any atom is 0.333 e. The zero-order chi connectivity index (χ0) is 59.8. The molecule has 7 amide bonds. The lowest BCUT2D eigenvalue weighted by molar-refractivity contribution is -0.243. The Hall–Kier alpha value is -5.92. The number of carbonyl (C=O) groups excluding carboxylic acids is 8. The second-order valence-corrected chi connectivity index (χ2v) is 25.6. The molecule has 4 heterocycles. The van der Waals surface area contributed by atoms with E-state index in [0.29, 0.717) is 79.9 Å². The molecule has 0 aromatic heterocycles.